The molecule has 0 aliphatic carbocycles. The Labute approximate surface area is 123 Å². The standard InChI is InChI=1S/C3HN5O6.K/c9-6(10)1-2(7(11)12)5-3(4-1)8(13)14;/h(H,4,5);. The van der Waals surface area contributed by atoms with E-state index in [0.717, 1.165) is 0 Å². The van der Waals surface area contributed by atoms with E-state index in [1.54, 1.807) is 4.98 Å². The number of imidazole rings is 1. The van der Waals surface area contributed by atoms with E-state index in [4.69, 9.17) is 0 Å². The van der Waals surface area contributed by atoms with Gasteiger partial charge in [-0.3, -0.25) is 0 Å². The van der Waals surface area contributed by atoms with Gasteiger partial charge in [-0.05, 0) is 14.8 Å². The Balaban J connectivity index is 0.00000196. The number of aromatic nitrogens is 2. The molecule has 0 bridgehead atoms. The quantitative estimate of drug-likeness (QED) is 0.434. The summed E-state index contributed by atoms with van der Waals surface area (Å²) in [7, 11) is 0. The van der Waals surface area contributed by atoms with Crippen molar-refractivity contribution in [3.05, 3.63) is 30.3 Å². The zero-order valence-electron chi connectivity index (χ0n) is 7.24. The molecule has 15 heavy (non-hydrogen) atoms. The van der Waals surface area contributed by atoms with Crippen LogP contribution in [0.25, 0.3) is 0 Å². The molecule has 0 saturated heterocycles. The first-order chi connectivity index (χ1) is 6.43. The molecule has 1 rings (SSSR count). The van der Waals surface area contributed by atoms with Crippen molar-refractivity contribution in [3.63, 3.8) is 0 Å². The van der Waals surface area contributed by atoms with Gasteiger partial charge >= 0.3 is 17.6 Å². The molecule has 12 heteroatoms. The van der Waals surface area contributed by atoms with Crippen molar-refractivity contribution >= 4 is 69.0 Å². The Morgan fingerprint density at radius 1 is 1.00 bits per heavy atom. The van der Waals surface area contributed by atoms with E-state index in [9.17, 15) is 30.3 Å². The molecule has 75 valence electrons. The van der Waals surface area contributed by atoms with E-state index < -0.39 is 32.4 Å². The second kappa shape index (κ2) is 5.22. The fraction of sp³-hybridized carbons (Fsp3) is 0. The van der Waals surface area contributed by atoms with Crippen LogP contribution in [0.3, 0.4) is 0 Å². The first kappa shape index (κ1) is 14.0. The maximum Gasteiger partial charge on any atom is 0.504 e. The van der Waals surface area contributed by atoms with Gasteiger partial charge in [-0.25, -0.2) is 0 Å². The summed E-state index contributed by atoms with van der Waals surface area (Å²) in [5.41, 5.74) is 0. The summed E-state index contributed by atoms with van der Waals surface area (Å²) in [5.74, 6) is -3.33. The number of rotatable bonds is 3. The summed E-state index contributed by atoms with van der Waals surface area (Å²) in [6, 6.07) is 0. The van der Waals surface area contributed by atoms with Crippen LogP contribution in [0.2, 0.25) is 0 Å². The van der Waals surface area contributed by atoms with Gasteiger partial charge in [0.15, 0.2) is 0 Å². The van der Waals surface area contributed by atoms with Crippen LogP contribution in [-0.2, 0) is 0 Å². The molecule has 1 radical (unpaired) electrons. The average molecular weight is 242 g/mol. The van der Waals surface area contributed by atoms with Crippen LogP contribution >= 0.6 is 0 Å². The molecule has 0 atom stereocenters. The summed E-state index contributed by atoms with van der Waals surface area (Å²) in [6.07, 6.45) is 0. The summed E-state index contributed by atoms with van der Waals surface area (Å²) < 4.78 is 0. The van der Waals surface area contributed by atoms with Gasteiger partial charge in [0.05, 0.1) is 4.98 Å². The molecule has 1 N–H and O–H groups in total. The predicted molar refractivity (Wildman–Crippen MR) is 44.3 cm³/mol. The molecule has 0 amide bonds. The van der Waals surface area contributed by atoms with Crippen molar-refractivity contribution < 1.29 is 14.8 Å². The topological polar surface area (TPSA) is 158 Å². The van der Waals surface area contributed by atoms with Gasteiger partial charge in [0.2, 0.25) is 0 Å². The van der Waals surface area contributed by atoms with Gasteiger partial charge in [0.1, 0.15) is 0 Å². The minimum Gasteiger partial charge on any atom is -0.389 e. The Morgan fingerprint density at radius 3 is 1.80 bits per heavy atom. The zero-order valence-corrected chi connectivity index (χ0v) is 10.4. The van der Waals surface area contributed by atoms with Crippen molar-refractivity contribution in [2.75, 3.05) is 0 Å². The van der Waals surface area contributed by atoms with Crippen molar-refractivity contribution in [2.24, 2.45) is 0 Å². The normalized spacial score (nSPS) is 9.07. The Kier molecular flexibility index (Phi) is 4.89. The zero-order chi connectivity index (χ0) is 10.9. The van der Waals surface area contributed by atoms with Gasteiger partial charge < -0.3 is 30.3 Å². The summed E-state index contributed by atoms with van der Waals surface area (Å²) >= 11 is 0. The van der Waals surface area contributed by atoms with Gasteiger partial charge in [-0.2, -0.15) is 4.98 Å². The minimum absolute atomic E-state index is 0. The minimum atomic E-state index is -1.18. The summed E-state index contributed by atoms with van der Waals surface area (Å²) in [6.45, 7) is 0. The first-order valence-electron chi connectivity index (χ1n) is 2.96. The van der Waals surface area contributed by atoms with Crippen LogP contribution in [0, 0.1) is 30.3 Å². The van der Waals surface area contributed by atoms with Crippen molar-refractivity contribution in [3.8, 4) is 0 Å². The van der Waals surface area contributed by atoms with Crippen molar-refractivity contribution in [2.45, 2.75) is 0 Å². The molecule has 0 aliphatic heterocycles. The van der Waals surface area contributed by atoms with E-state index >= 15 is 0 Å². The third kappa shape index (κ3) is 3.00. The molecule has 0 fully saturated rings. The Bertz CT molecular complexity index is 395. The molecule has 0 aliphatic rings. The van der Waals surface area contributed by atoms with Crippen LogP contribution in [0.15, 0.2) is 0 Å². The van der Waals surface area contributed by atoms with E-state index in [-0.39, 0.29) is 51.4 Å². The second-order valence-electron chi connectivity index (χ2n) is 2.00. The third-order valence-corrected chi connectivity index (χ3v) is 1.18. The first-order valence-corrected chi connectivity index (χ1v) is 2.96. The van der Waals surface area contributed by atoms with Crippen molar-refractivity contribution in [1.82, 2.24) is 9.97 Å². The number of aromatic amines is 1. The van der Waals surface area contributed by atoms with E-state index in [1.165, 1.54) is 0 Å². The van der Waals surface area contributed by atoms with Crippen LogP contribution in [0.1, 0.15) is 0 Å². The number of hydrogen-bond donors (Lipinski definition) is 1. The van der Waals surface area contributed by atoms with Gasteiger partial charge in [0, 0.05) is 51.4 Å². The molecule has 0 spiro atoms. The van der Waals surface area contributed by atoms with Crippen LogP contribution in [0.5, 0.6) is 0 Å². The maximum atomic E-state index is 10.2. The van der Waals surface area contributed by atoms with Crippen LogP contribution in [-0.4, -0.2) is 76.1 Å². The van der Waals surface area contributed by atoms with E-state index in [0.29, 0.717) is 0 Å². The van der Waals surface area contributed by atoms with Crippen molar-refractivity contribution in [1.29, 1.82) is 0 Å². The van der Waals surface area contributed by atoms with E-state index in [2.05, 4.69) is 4.98 Å². The largest absolute Gasteiger partial charge is 0.504 e. The predicted octanol–water partition coefficient (Wildman–Crippen LogP) is -0.247. The maximum absolute atomic E-state index is 10.2. The number of nitro groups is 3. The third-order valence-electron chi connectivity index (χ3n) is 1.18. The Hall–Kier alpha value is -0.954. The Morgan fingerprint density at radius 2 is 1.53 bits per heavy atom. The molecule has 0 unspecified atom stereocenters. The molecule has 1 aromatic heterocycles. The smallest absolute Gasteiger partial charge is 0.389 e. The monoisotopic (exact) mass is 242 g/mol. The number of nitrogens with one attached hydrogen (secondary N) is 1. The number of nitrogens with zero attached hydrogens (tertiary/aromatic N) is 4. The molecule has 1 aromatic rings. The molecular formula is C3HKN5O6. The van der Waals surface area contributed by atoms with Gasteiger partial charge in [-0.1, -0.05) is 0 Å². The summed E-state index contributed by atoms with van der Waals surface area (Å²) in [5, 5.41) is 30.4. The van der Waals surface area contributed by atoms with Gasteiger partial charge in [0.25, 0.3) is 0 Å². The summed E-state index contributed by atoms with van der Waals surface area (Å²) in [4.78, 5) is 31.4. The molecule has 11 nitrogen and oxygen atoms in total. The average Bonchev–Trinajstić information content (AvgIpc) is 2.47. The van der Waals surface area contributed by atoms with E-state index in [1.807, 2.05) is 0 Å². The molecule has 0 saturated carbocycles. The number of hydrogen-bond acceptors (Lipinski definition) is 7. The SMILES string of the molecule is O=[N+]([O-])c1nc([N+](=O)[O-])c([N+](=O)[O-])[nH]1.[K]. The number of H-pyrrole nitrogens is 1. The molecular weight excluding hydrogens is 241 g/mol. The molecule has 0 aromatic carbocycles. The van der Waals surface area contributed by atoms with Gasteiger partial charge in [-0.15, -0.1) is 0 Å². The van der Waals surface area contributed by atoms with Crippen LogP contribution in [0.4, 0.5) is 17.6 Å². The van der Waals surface area contributed by atoms with Crippen LogP contribution < -0.4 is 0 Å². The molecule has 1 heterocycles. The second-order valence-corrected chi connectivity index (χ2v) is 2.00. The fourth-order valence-electron chi connectivity index (χ4n) is 0.684. The fourth-order valence-corrected chi connectivity index (χ4v) is 0.684.